The quantitative estimate of drug-likeness (QED) is 0.435. The standard InChI is InChI=1S/C11H24O3Si2/c1-10(2)8-15-6-5-7-16(3,4)9-14-11(12)13/h8H,5-7,9,15H2,1-4H3,(H,12,13). The fourth-order valence-electron chi connectivity index (χ4n) is 1.47. The van der Waals surface area contributed by atoms with Gasteiger partial charge in [-0.05, 0) is 13.8 Å². The van der Waals surface area contributed by atoms with Gasteiger partial charge in [0.25, 0.3) is 0 Å². The summed E-state index contributed by atoms with van der Waals surface area (Å²) in [5.41, 5.74) is 3.82. The molecule has 0 saturated carbocycles. The largest absolute Gasteiger partial charge is 0.505 e. The zero-order valence-corrected chi connectivity index (χ0v) is 13.3. The Morgan fingerprint density at radius 3 is 2.56 bits per heavy atom. The summed E-state index contributed by atoms with van der Waals surface area (Å²) in [4.78, 5) is 10.3. The highest BCUT2D eigenvalue weighted by Gasteiger charge is 2.22. The Labute approximate surface area is 102 Å². The average Bonchev–Trinajstić information content (AvgIpc) is 2.14. The van der Waals surface area contributed by atoms with Gasteiger partial charge in [-0.1, -0.05) is 37.2 Å². The van der Waals surface area contributed by atoms with E-state index in [1.807, 2.05) is 0 Å². The van der Waals surface area contributed by atoms with Crippen LogP contribution in [-0.4, -0.2) is 35.1 Å². The number of ether oxygens (including phenoxy) is 1. The molecule has 5 heteroatoms. The predicted molar refractivity (Wildman–Crippen MR) is 73.7 cm³/mol. The van der Waals surface area contributed by atoms with E-state index in [-0.39, 0.29) is 9.52 Å². The van der Waals surface area contributed by atoms with Gasteiger partial charge >= 0.3 is 6.16 Å². The third-order valence-corrected chi connectivity index (χ3v) is 7.09. The molecule has 0 rings (SSSR count). The molecule has 0 aromatic carbocycles. The van der Waals surface area contributed by atoms with Gasteiger partial charge in [0, 0.05) is 9.52 Å². The van der Waals surface area contributed by atoms with E-state index in [1.165, 1.54) is 24.1 Å². The first-order valence-corrected chi connectivity index (χ1v) is 11.1. The van der Waals surface area contributed by atoms with Gasteiger partial charge in [0.15, 0.2) is 0 Å². The molecule has 0 atom stereocenters. The number of hydrogen-bond acceptors (Lipinski definition) is 2. The molecule has 0 amide bonds. The van der Waals surface area contributed by atoms with Gasteiger partial charge in [-0.15, -0.1) is 5.70 Å². The topological polar surface area (TPSA) is 46.5 Å². The van der Waals surface area contributed by atoms with Gasteiger partial charge in [-0.2, -0.15) is 0 Å². The third-order valence-electron chi connectivity index (χ3n) is 2.45. The zero-order chi connectivity index (χ0) is 12.6. The Morgan fingerprint density at radius 2 is 2.06 bits per heavy atom. The Morgan fingerprint density at radius 1 is 1.44 bits per heavy atom. The molecule has 16 heavy (non-hydrogen) atoms. The van der Waals surface area contributed by atoms with E-state index in [4.69, 9.17) is 5.11 Å². The van der Waals surface area contributed by atoms with Crippen LogP contribution in [0.1, 0.15) is 20.3 Å². The molecular weight excluding hydrogens is 236 g/mol. The van der Waals surface area contributed by atoms with Gasteiger partial charge in [0.2, 0.25) is 0 Å². The molecule has 1 N–H and O–H groups in total. The first-order chi connectivity index (χ1) is 7.33. The lowest BCUT2D eigenvalue weighted by Crippen LogP contribution is -2.33. The highest BCUT2D eigenvalue weighted by molar-refractivity contribution is 6.77. The highest BCUT2D eigenvalue weighted by atomic mass is 28.3. The minimum absolute atomic E-state index is 0.0317. The van der Waals surface area contributed by atoms with Gasteiger partial charge < -0.3 is 9.84 Å². The lowest BCUT2D eigenvalue weighted by molar-refractivity contribution is 0.105. The maximum atomic E-state index is 10.3. The van der Waals surface area contributed by atoms with E-state index in [2.05, 4.69) is 37.4 Å². The Hall–Kier alpha value is -0.556. The van der Waals surface area contributed by atoms with Crippen LogP contribution < -0.4 is 0 Å². The molecule has 0 saturated heterocycles. The fraction of sp³-hybridized carbons (Fsp3) is 0.727. The monoisotopic (exact) mass is 260 g/mol. The van der Waals surface area contributed by atoms with Crippen molar-refractivity contribution in [3.05, 3.63) is 11.3 Å². The summed E-state index contributed by atoms with van der Waals surface area (Å²) in [6, 6.07) is 2.50. The van der Waals surface area contributed by atoms with E-state index in [0.717, 1.165) is 0 Å². The number of carboxylic acid groups (broad SMARTS) is 1. The average molecular weight is 260 g/mol. The molecule has 0 radical (unpaired) electrons. The Bertz CT molecular complexity index is 246. The van der Waals surface area contributed by atoms with Gasteiger partial charge in [0.05, 0.1) is 14.3 Å². The normalized spacial score (nSPS) is 11.8. The summed E-state index contributed by atoms with van der Waals surface area (Å²) in [7, 11) is -1.48. The van der Waals surface area contributed by atoms with E-state index < -0.39 is 14.2 Å². The van der Waals surface area contributed by atoms with Crippen LogP contribution in [0, 0.1) is 0 Å². The minimum Gasteiger partial charge on any atom is -0.450 e. The molecule has 0 aliphatic heterocycles. The fourth-order valence-corrected chi connectivity index (χ4v) is 5.15. The van der Waals surface area contributed by atoms with Crippen LogP contribution in [0.25, 0.3) is 0 Å². The van der Waals surface area contributed by atoms with Crippen LogP contribution in [0.4, 0.5) is 4.79 Å². The molecule has 0 fully saturated rings. The summed E-state index contributed by atoms with van der Waals surface area (Å²) in [6.07, 6.45) is 0.532. The second-order valence-corrected chi connectivity index (χ2v) is 12.1. The minimum atomic E-state index is -1.44. The van der Waals surface area contributed by atoms with Crippen molar-refractivity contribution in [3.63, 3.8) is 0 Å². The number of allylic oxidation sites excluding steroid dienone is 1. The predicted octanol–water partition coefficient (Wildman–Crippen LogP) is 2.83. The Balaban J connectivity index is 3.65. The second-order valence-electron chi connectivity index (χ2n) is 5.25. The van der Waals surface area contributed by atoms with E-state index >= 15 is 0 Å². The molecule has 0 heterocycles. The SMILES string of the molecule is CC(C)=C[SiH2]CCC[Si](C)(C)COC(=O)O. The van der Waals surface area contributed by atoms with Gasteiger partial charge in [0.1, 0.15) is 0 Å². The number of carbonyl (C=O) groups is 1. The van der Waals surface area contributed by atoms with E-state index in [9.17, 15) is 4.79 Å². The van der Waals surface area contributed by atoms with Crippen LogP contribution in [-0.2, 0) is 4.74 Å². The van der Waals surface area contributed by atoms with E-state index in [0.29, 0.717) is 6.23 Å². The van der Waals surface area contributed by atoms with Crippen molar-refractivity contribution >= 4 is 23.7 Å². The maximum absolute atomic E-state index is 10.3. The molecule has 94 valence electrons. The van der Waals surface area contributed by atoms with Crippen molar-refractivity contribution in [2.24, 2.45) is 0 Å². The van der Waals surface area contributed by atoms with Crippen LogP contribution in [0.2, 0.25) is 25.2 Å². The Kier molecular flexibility index (Phi) is 7.41. The lowest BCUT2D eigenvalue weighted by Gasteiger charge is -2.20. The molecule has 0 bridgehead atoms. The van der Waals surface area contributed by atoms with Crippen LogP contribution in [0.3, 0.4) is 0 Å². The first-order valence-electron chi connectivity index (χ1n) is 5.82. The molecular formula is C11H24O3Si2. The van der Waals surface area contributed by atoms with Crippen LogP contribution in [0.15, 0.2) is 11.3 Å². The first kappa shape index (κ1) is 15.4. The molecule has 0 unspecified atom stereocenters. The molecule has 0 spiro atoms. The smallest absolute Gasteiger partial charge is 0.450 e. The van der Waals surface area contributed by atoms with E-state index in [1.54, 1.807) is 0 Å². The van der Waals surface area contributed by atoms with Gasteiger partial charge in [-0.25, -0.2) is 4.79 Å². The van der Waals surface area contributed by atoms with Crippen LogP contribution >= 0.6 is 0 Å². The molecule has 0 aliphatic carbocycles. The number of rotatable bonds is 7. The van der Waals surface area contributed by atoms with Crippen molar-refractivity contribution in [2.45, 2.75) is 45.5 Å². The van der Waals surface area contributed by atoms with Crippen molar-refractivity contribution in [1.82, 2.24) is 0 Å². The molecule has 0 aromatic rings. The summed E-state index contributed by atoms with van der Waals surface area (Å²) in [6.45, 7) is 8.68. The highest BCUT2D eigenvalue weighted by Crippen LogP contribution is 2.14. The van der Waals surface area contributed by atoms with Crippen molar-refractivity contribution in [3.8, 4) is 0 Å². The summed E-state index contributed by atoms with van der Waals surface area (Å²) >= 11 is 0. The summed E-state index contributed by atoms with van der Waals surface area (Å²) < 4.78 is 4.68. The molecule has 0 aliphatic rings. The van der Waals surface area contributed by atoms with Crippen molar-refractivity contribution < 1.29 is 14.6 Å². The molecule has 0 aromatic heterocycles. The summed E-state index contributed by atoms with van der Waals surface area (Å²) in [5, 5.41) is 8.45. The lowest BCUT2D eigenvalue weighted by atomic mass is 10.4. The molecule has 3 nitrogen and oxygen atoms in total. The maximum Gasteiger partial charge on any atom is 0.505 e. The third kappa shape index (κ3) is 9.98. The van der Waals surface area contributed by atoms with Gasteiger partial charge in [-0.3, -0.25) is 0 Å². The van der Waals surface area contributed by atoms with Crippen LogP contribution in [0.5, 0.6) is 0 Å². The van der Waals surface area contributed by atoms with Crippen molar-refractivity contribution in [1.29, 1.82) is 0 Å². The number of hydrogen-bond donors (Lipinski definition) is 1. The van der Waals surface area contributed by atoms with Crippen molar-refractivity contribution in [2.75, 3.05) is 6.23 Å². The summed E-state index contributed by atoms with van der Waals surface area (Å²) in [5.74, 6) is 0. The second kappa shape index (κ2) is 7.67. The zero-order valence-electron chi connectivity index (χ0n) is 10.9.